The molecule has 5 nitrogen and oxygen atoms in total. The van der Waals surface area contributed by atoms with E-state index in [9.17, 15) is 4.79 Å². The van der Waals surface area contributed by atoms with E-state index in [1.54, 1.807) is 6.07 Å². The first-order valence-electron chi connectivity index (χ1n) is 7.74. The minimum atomic E-state index is -0.00571. The van der Waals surface area contributed by atoms with Crippen LogP contribution in [0.1, 0.15) is 25.1 Å². The van der Waals surface area contributed by atoms with E-state index in [1.165, 1.54) is 0 Å². The van der Waals surface area contributed by atoms with Gasteiger partial charge in [-0.15, -0.1) is 0 Å². The van der Waals surface area contributed by atoms with E-state index < -0.39 is 0 Å². The number of carbonyl (C=O) groups excluding carboxylic acids is 1. The molecule has 0 atom stereocenters. The highest BCUT2D eigenvalue weighted by atomic mass is 35.5. The molecule has 0 spiro atoms. The van der Waals surface area contributed by atoms with Gasteiger partial charge in [-0.3, -0.25) is 4.79 Å². The third kappa shape index (κ3) is 3.57. The Kier molecular flexibility index (Phi) is 6.16. The largest absolute Gasteiger partial charge is 0.395 e. The quantitative estimate of drug-likeness (QED) is 0.681. The Morgan fingerprint density at radius 3 is 2.78 bits per heavy atom. The fourth-order valence-electron chi connectivity index (χ4n) is 2.72. The van der Waals surface area contributed by atoms with Crippen molar-refractivity contribution in [3.8, 4) is 0 Å². The van der Waals surface area contributed by atoms with Crippen molar-refractivity contribution < 1.29 is 9.90 Å². The topological polar surface area (TPSA) is 77.2 Å². The molecule has 0 aliphatic carbocycles. The summed E-state index contributed by atoms with van der Waals surface area (Å²) >= 11 is 12.5. The van der Waals surface area contributed by atoms with Gasteiger partial charge in [-0.1, -0.05) is 37.0 Å². The molecule has 2 aromatic rings. The van der Waals surface area contributed by atoms with Crippen molar-refractivity contribution in [1.82, 2.24) is 10.3 Å². The van der Waals surface area contributed by atoms with Gasteiger partial charge >= 0.3 is 0 Å². The second kappa shape index (κ2) is 7.90. The van der Waals surface area contributed by atoms with Crippen LogP contribution in [0.25, 0.3) is 10.9 Å². The molecule has 1 aliphatic rings. The summed E-state index contributed by atoms with van der Waals surface area (Å²) in [7, 11) is 0. The molecule has 0 radical (unpaired) electrons. The molecule has 0 fully saturated rings. The molecule has 1 aliphatic heterocycles. The van der Waals surface area contributed by atoms with Gasteiger partial charge in [0.25, 0.3) is 0 Å². The van der Waals surface area contributed by atoms with E-state index in [-0.39, 0.29) is 12.5 Å². The van der Waals surface area contributed by atoms with Crippen LogP contribution in [0.3, 0.4) is 0 Å². The van der Waals surface area contributed by atoms with Crippen molar-refractivity contribution in [2.75, 3.05) is 25.0 Å². The number of amides is 1. The number of nitrogens with one attached hydrogen (secondary N) is 3. The number of aromatic amines is 1. The maximum atomic E-state index is 11.8. The highest BCUT2D eigenvalue weighted by Gasteiger charge is 2.22. The lowest BCUT2D eigenvalue weighted by molar-refractivity contribution is -0.120. The first-order chi connectivity index (χ1) is 11.1. The fraction of sp³-hybridized carbons (Fsp3) is 0.438. The molecule has 0 saturated carbocycles. The van der Waals surface area contributed by atoms with Crippen molar-refractivity contribution in [2.24, 2.45) is 0 Å². The predicted molar refractivity (Wildman–Crippen MR) is 95.7 cm³/mol. The number of rotatable bonds is 3. The summed E-state index contributed by atoms with van der Waals surface area (Å²) in [5, 5.41) is 16.8. The van der Waals surface area contributed by atoms with Crippen molar-refractivity contribution in [3.63, 3.8) is 0 Å². The molecule has 3 rings (SSSR count). The molecule has 23 heavy (non-hydrogen) atoms. The van der Waals surface area contributed by atoms with Crippen LogP contribution in [0.4, 0.5) is 5.69 Å². The lowest BCUT2D eigenvalue weighted by Gasteiger charge is -2.10. The van der Waals surface area contributed by atoms with E-state index in [1.807, 2.05) is 13.8 Å². The van der Waals surface area contributed by atoms with E-state index in [4.69, 9.17) is 28.3 Å². The zero-order valence-electron chi connectivity index (χ0n) is 13.2. The van der Waals surface area contributed by atoms with Crippen LogP contribution in [-0.2, 0) is 17.6 Å². The van der Waals surface area contributed by atoms with Crippen molar-refractivity contribution in [3.05, 3.63) is 27.4 Å². The summed E-state index contributed by atoms with van der Waals surface area (Å²) in [6.45, 7) is 5.01. The van der Waals surface area contributed by atoms with Gasteiger partial charge in [0.05, 0.1) is 28.6 Å². The lowest BCUT2D eigenvalue weighted by Crippen LogP contribution is -2.24. The van der Waals surface area contributed by atoms with E-state index in [0.29, 0.717) is 29.6 Å². The predicted octanol–water partition coefficient (Wildman–Crippen LogP) is 3.12. The number of hydrogen-bond acceptors (Lipinski definition) is 3. The van der Waals surface area contributed by atoms with Crippen LogP contribution in [0.15, 0.2) is 6.07 Å². The number of aliphatic hydroxyl groups excluding tert-OH is 1. The molecule has 126 valence electrons. The normalized spacial score (nSPS) is 13.7. The van der Waals surface area contributed by atoms with Crippen LogP contribution >= 0.6 is 23.2 Å². The van der Waals surface area contributed by atoms with Gasteiger partial charge in [0.2, 0.25) is 5.91 Å². The molecule has 4 N–H and O–H groups in total. The molecule has 0 unspecified atom stereocenters. The lowest BCUT2D eigenvalue weighted by atomic mass is 10.0. The number of carbonyl (C=O) groups is 1. The van der Waals surface area contributed by atoms with Gasteiger partial charge in [-0.05, 0) is 11.6 Å². The van der Waals surface area contributed by atoms with Gasteiger partial charge in [0, 0.05) is 36.3 Å². The minimum Gasteiger partial charge on any atom is -0.395 e. The van der Waals surface area contributed by atoms with E-state index in [0.717, 1.165) is 34.3 Å². The van der Waals surface area contributed by atoms with Crippen molar-refractivity contribution in [2.45, 2.75) is 26.7 Å². The standard InChI is InChI=1S/C14H15Cl2N3O2.C2H6/c15-8-6-10(17-3-4-20)12-7-5-11(21)18-2-1-9(7)19-14(12)13(8)16;1-2/h6,17,19-20H,1-5H2,(H,18,21);1-2H3. The average Bonchev–Trinajstić information content (AvgIpc) is 2.80. The van der Waals surface area contributed by atoms with Gasteiger partial charge in [-0.25, -0.2) is 0 Å². The number of fused-ring (bicyclic) bond motifs is 3. The van der Waals surface area contributed by atoms with Crippen LogP contribution in [-0.4, -0.2) is 35.7 Å². The number of anilines is 1. The summed E-state index contributed by atoms with van der Waals surface area (Å²) in [4.78, 5) is 15.1. The Bertz CT molecular complexity index is 713. The number of benzene rings is 1. The zero-order valence-corrected chi connectivity index (χ0v) is 14.7. The van der Waals surface area contributed by atoms with Gasteiger partial charge < -0.3 is 20.7 Å². The van der Waals surface area contributed by atoms with Crippen LogP contribution in [0.2, 0.25) is 10.0 Å². The highest BCUT2D eigenvalue weighted by Crippen LogP contribution is 2.39. The summed E-state index contributed by atoms with van der Waals surface area (Å²) < 4.78 is 0. The van der Waals surface area contributed by atoms with Crippen LogP contribution in [0, 0.1) is 0 Å². The van der Waals surface area contributed by atoms with Crippen LogP contribution in [0.5, 0.6) is 0 Å². The zero-order chi connectivity index (χ0) is 17.0. The maximum Gasteiger partial charge on any atom is 0.224 e. The summed E-state index contributed by atoms with van der Waals surface area (Å²) in [6.07, 6.45) is 1.03. The minimum absolute atomic E-state index is 0.00571. The third-order valence-electron chi connectivity index (χ3n) is 3.62. The van der Waals surface area contributed by atoms with Gasteiger partial charge in [-0.2, -0.15) is 0 Å². The molecule has 1 aromatic heterocycles. The van der Waals surface area contributed by atoms with Crippen molar-refractivity contribution >= 4 is 45.7 Å². The number of hydrogen-bond donors (Lipinski definition) is 4. The maximum absolute atomic E-state index is 11.8. The van der Waals surface area contributed by atoms with Crippen molar-refractivity contribution in [1.29, 1.82) is 0 Å². The summed E-state index contributed by atoms with van der Waals surface area (Å²) in [5.74, 6) is -0.00571. The Hall–Kier alpha value is -1.43. The third-order valence-corrected chi connectivity index (χ3v) is 4.41. The number of aliphatic hydroxyl groups is 1. The average molecular weight is 358 g/mol. The van der Waals surface area contributed by atoms with Gasteiger partial charge in [0.1, 0.15) is 0 Å². The molecule has 1 aromatic carbocycles. The van der Waals surface area contributed by atoms with Gasteiger partial charge in [0.15, 0.2) is 0 Å². The SMILES string of the molecule is CC.O=C1Cc2c([nH]c3c(Cl)c(Cl)cc(NCCO)c23)CCN1. The fourth-order valence-corrected chi connectivity index (χ4v) is 3.12. The number of H-pyrrole nitrogens is 1. The molecular weight excluding hydrogens is 337 g/mol. The second-order valence-electron chi connectivity index (χ2n) is 4.98. The molecule has 1 amide bonds. The summed E-state index contributed by atoms with van der Waals surface area (Å²) in [6, 6.07) is 1.73. The monoisotopic (exact) mass is 357 g/mol. The smallest absolute Gasteiger partial charge is 0.224 e. The molecular formula is C16H21Cl2N3O2. The number of halogens is 2. The first kappa shape index (κ1) is 17.9. The molecule has 2 heterocycles. The molecule has 7 heteroatoms. The Balaban J connectivity index is 0.000000924. The van der Waals surface area contributed by atoms with E-state index >= 15 is 0 Å². The number of aromatic nitrogens is 1. The first-order valence-corrected chi connectivity index (χ1v) is 8.50. The molecule has 0 saturated heterocycles. The second-order valence-corrected chi connectivity index (χ2v) is 5.76. The Morgan fingerprint density at radius 1 is 1.35 bits per heavy atom. The van der Waals surface area contributed by atoms with Crippen LogP contribution < -0.4 is 10.6 Å². The van der Waals surface area contributed by atoms with E-state index in [2.05, 4.69) is 15.6 Å². The molecule has 0 bridgehead atoms. The highest BCUT2D eigenvalue weighted by molar-refractivity contribution is 6.45. The Labute approximate surface area is 145 Å². The summed E-state index contributed by atoms with van der Waals surface area (Å²) in [5.41, 5.74) is 3.46. The Morgan fingerprint density at radius 2 is 2.09 bits per heavy atom.